The SMILES string of the molecule is COc1cc(C(=O)N(C)c2ccc(C)cc2OCCCCCC(=O)N2CCN(C)CC2)ccc1C(=O)Nc1cccc2[nH]c(C(=O)N(C)C)nc12. The minimum Gasteiger partial charge on any atom is -0.496 e. The van der Waals surface area contributed by atoms with Crippen LogP contribution in [0.15, 0.2) is 54.6 Å². The third kappa shape index (κ3) is 8.84. The Morgan fingerprint density at radius 1 is 0.902 bits per heavy atom. The molecule has 3 aromatic carbocycles. The number of hydrogen-bond acceptors (Lipinski definition) is 8. The van der Waals surface area contributed by atoms with E-state index < -0.39 is 5.91 Å². The number of likely N-dealkylation sites (N-methyl/N-ethyl adjacent to an activating group) is 1. The van der Waals surface area contributed by atoms with Gasteiger partial charge in [0.2, 0.25) is 5.91 Å². The molecule has 4 aromatic rings. The number of unbranched alkanes of at least 4 members (excludes halogenated alkanes) is 2. The lowest BCUT2D eigenvalue weighted by Crippen LogP contribution is -2.47. The fraction of sp³-hybridized carbons (Fsp3) is 0.395. The zero-order valence-corrected chi connectivity index (χ0v) is 30.2. The van der Waals surface area contributed by atoms with E-state index in [-0.39, 0.29) is 34.9 Å². The summed E-state index contributed by atoms with van der Waals surface area (Å²) in [6.07, 6.45) is 3.00. The van der Waals surface area contributed by atoms with Gasteiger partial charge in [0, 0.05) is 59.3 Å². The van der Waals surface area contributed by atoms with Gasteiger partial charge in [-0.3, -0.25) is 19.2 Å². The Balaban J connectivity index is 1.21. The number of nitrogens with zero attached hydrogens (tertiary/aromatic N) is 5. The third-order valence-electron chi connectivity index (χ3n) is 8.99. The second kappa shape index (κ2) is 16.5. The molecule has 0 spiro atoms. The Bertz CT molecular complexity index is 1900. The van der Waals surface area contributed by atoms with Gasteiger partial charge in [-0.05, 0) is 81.3 Å². The maximum Gasteiger partial charge on any atom is 0.289 e. The number of hydrogen-bond donors (Lipinski definition) is 2. The van der Waals surface area contributed by atoms with Crippen LogP contribution in [0, 0.1) is 6.92 Å². The molecule has 4 amide bonds. The predicted molar refractivity (Wildman–Crippen MR) is 197 cm³/mol. The zero-order chi connectivity index (χ0) is 36.7. The van der Waals surface area contributed by atoms with Crippen molar-refractivity contribution in [1.29, 1.82) is 0 Å². The number of amides is 4. The smallest absolute Gasteiger partial charge is 0.289 e. The number of fused-ring (bicyclic) bond motifs is 1. The third-order valence-corrected chi connectivity index (χ3v) is 8.99. The van der Waals surface area contributed by atoms with Gasteiger partial charge in [-0.15, -0.1) is 0 Å². The summed E-state index contributed by atoms with van der Waals surface area (Å²) in [5.74, 6) is 0.120. The van der Waals surface area contributed by atoms with Crippen LogP contribution in [0.3, 0.4) is 0 Å². The number of aromatic nitrogens is 2. The Morgan fingerprint density at radius 3 is 2.39 bits per heavy atom. The summed E-state index contributed by atoms with van der Waals surface area (Å²) in [6, 6.07) is 15.6. The number of carbonyl (C=O) groups excluding carboxylic acids is 4. The van der Waals surface area contributed by atoms with Gasteiger partial charge in [-0.1, -0.05) is 12.1 Å². The van der Waals surface area contributed by atoms with Gasteiger partial charge in [0.1, 0.15) is 17.0 Å². The molecule has 2 heterocycles. The van der Waals surface area contributed by atoms with E-state index in [0.29, 0.717) is 46.7 Å². The maximum atomic E-state index is 13.7. The highest BCUT2D eigenvalue weighted by Gasteiger charge is 2.23. The quantitative estimate of drug-likeness (QED) is 0.190. The Morgan fingerprint density at radius 2 is 1.67 bits per heavy atom. The van der Waals surface area contributed by atoms with E-state index in [0.717, 1.165) is 51.0 Å². The fourth-order valence-corrected chi connectivity index (χ4v) is 5.92. The van der Waals surface area contributed by atoms with Crippen LogP contribution in [0.1, 0.15) is 62.6 Å². The van der Waals surface area contributed by atoms with E-state index in [9.17, 15) is 19.2 Å². The molecule has 51 heavy (non-hydrogen) atoms. The summed E-state index contributed by atoms with van der Waals surface area (Å²) in [5, 5.41) is 2.86. The van der Waals surface area contributed by atoms with Crippen LogP contribution >= 0.6 is 0 Å². The van der Waals surface area contributed by atoms with Crippen molar-refractivity contribution >= 4 is 46.0 Å². The molecule has 0 aliphatic carbocycles. The minimum absolute atomic E-state index is 0.160. The molecule has 1 saturated heterocycles. The average molecular weight is 698 g/mol. The fourth-order valence-electron chi connectivity index (χ4n) is 5.92. The van der Waals surface area contributed by atoms with Gasteiger partial charge < -0.3 is 39.4 Å². The van der Waals surface area contributed by atoms with Crippen molar-refractivity contribution in [2.75, 3.05) is 78.3 Å². The molecule has 2 N–H and O–H groups in total. The number of rotatable bonds is 13. The van der Waals surface area contributed by atoms with Crippen LogP contribution < -0.4 is 19.7 Å². The zero-order valence-electron chi connectivity index (χ0n) is 30.2. The Hall–Kier alpha value is -5.43. The number of carbonyl (C=O) groups is 4. The van der Waals surface area contributed by atoms with E-state index in [2.05, 4.69) is 27.2 Å². The van der Waals surface area contributed by atoms with Crippen LogP contribution in [-0.2, 0) is 4.79 Å². The molecule has 1 aromatic heterocycles. The number of aromatic amines is 1. The van der Waals surface area contributed by atoms with Crippen LogP contribution in [-0.4, -0.2) is 116 Å². The number of piperazine rings is 1. The van der Waals surface area contributed by atoms with E-state index >= 15 is 0 Å². The number of ether oxygens (including phenoxy) is 2. The highest BCUT2D eigenvalue weighted by Crippen LogP contribution is 2.31. The lowest BCUT2D eigenvalue weighted by Gasteiger charge is -2.32. The lowest BCUT2D eigenvalue weighted by molar-refractivity contribution is -0.132. The number of methoxy groups -OCH3 is 1. The first kappa shape index (κ1) is 36.8. The maximum absolute atomic E-state index is 13.7. The van der Waals surface area contributed by atoms with Gasteiger partial charge in [-0.25, -0.2) is 4.98 Å². The lowest BCUT2D eigenvalue weighted by atomic mass is 10.1. The first-order chi connectivity index (χ1) is 24.5. The number of para-hydroxylation sites is 1. The molecule has 0 saturated carbocycles. The molecular weight excluding hydrogens is 650 g/mol. The largest absolute Gasteiger partial charge is 0.496 e. The minimum atomic E-state index is -0.465. The summed E-state index contributed by atoms with van der Waals surface area (Å²) in [4.78, 5) is 66.7. The molecule has 270 valence electrons. The summed E-state index contributed by atoms with van der Waals surface area (Å²) in [6.45, 7) is 5.84. The van der Waals surface area contributed by atoms with Crippen molar-refractivity contribution < 1.29 is 28.7 Å². The summed E-state index contributed by atoms with van der Waals surface area (Å²) in [7, 11) is 8.46. The van der Waals surface area contributed by atoms with Crippen molar-refractivity contribution in [1.82, 2.24) is 24.7 Å². The topological polar surface area (TPSA) is 140 Å². The number of H-pyrrole nitrogens is 1. The predicted octanol–water partition coefficient (Wildman–Crippen LogP) is 4.82. The van der Waals surface area contributed by atoms with Gasteiger partial charge in [0.15, 0.2) is 5.82 Å². The standard InChI is InChI=1S/C38H47N7O6/c1-25-14-17-30(32(23-25)51-22-9-7-8-13-33(46)45-20-18-43(4)19-21-45)44(5)37(48)26-15-16-27(31(24-26)50-6)36(47)40-29-12-10-11-28-34(29)41-35(39-28)38(49)42(2)3/h10-12,14-17,23-24H,7-9,13,18-22H2,1-6H3,(H,39,41)(H,40,47). The van der Waals surface area contributed by atoms with Crippen molar-refractivity contribution in [3.8, 4) is 11.5 Å². The Labute approximate surface area is 298 Å². The number of aryl methyl sites for hydroxylation is 1. The molecular formula is C38H47N7O6. The van der Waals surface area contributed by atoms with E-state index in [4.69, 9.17) is 9.47 Å². The summed E-state index contributed by atoms with van der Waals surface area (Å²) >= 11 is 0. The first-order valence-corrected chi connectivity index (χ1v) is 17.1. The highest BCUT2D eigenvalue weighted by molar-refractivity contribution is 6.12. The molecule has 0 radical (unpaired) electrons. The molecule has 5 rings (SSSR count). The van der Waals surface area contributed by atoms with Gasteiger partial charge in [0.25, 0.3) is 17.7 Å². The van der Waals surface area contributed by atoms with Crippen molar-refractivity contribution in [3.05, 3.63) is 77.1 Å². The first-order valence-electron chi connectivity index (χ1n) is 17.1. The van der Waals surface area contributed by atoms with Crippen LogP contribution in [0.4, 0.5) is 11.4 Å². The van der Waals surface area contributed by atoms with E-state index in [1.54, 1.807) is 51.5 Å². The summed E-state index contributed by atoms with van der Waals surface area (Å²) < 4.78 is 11.7. The number of benzene rings is 3. The molecule has 0 unspecified atom stereocenters. The second-order valence-electron chi connectivity index (χ2n) is 13.0. The molecule has 1 aliphatic rings. The molecule has 13 nitrogen and oxygen atoms in total. The normalized spacial score (nSPS) is 13.2. The molecule has 0 atom stereocenters. The molecule has 1 aliphatic heterocycles. The van der Waals surface area contributed by atoms with Crippen LogP contribution in [0.25, 0.3) is 11.0 Å². The van der Waals surface area contributed by atoms with Crippen LogP contribution in [0.2, 0.25) is 0 Å². The highest BCUT2D eigenvalue weighted by atomic mass is 16.5. The van der Waals surface area contributed by atoms with Gasteiger partial charge in [0.05, 0.1) is 36.2 Å². The molecule has 1 fully saturated rings. The van der Waals surface area contributed by atoms with Gasteiger partial charge >= 0.3 is 0 Å². The number of imidazole rings is 1. The summed E-state index contributed by atoms with van der Waals surface area (Å²) in [5.41, 5.74) is 3.60. The van der Waals surface area contributed by atoms with E-state index in [1.165, 1.54) is 23.0 Å². The number of nitrogens with one attached hydrogen (secondary N) is 2. The number of anilines is 2. The molecule has 13 heteroatoms. The Kier molecular flexibility index (Phi) is 11.9. The van der Waals surface area contributed by atoms with E-state index in [1.807, 2.05) is 30.0 Å². The van der Waals surface area contributed by atoms with Gasteiger partial charge in [-0.2, -0.15) is 0 Å². The second-order valence-corrected chi connectivity index (χ2v) is 13.0. The monoisotopic (exact) mass is 697 g/mol. The molecule has 0 bridgehead atoms. The van der Waals surface area contributed by atoms with Crippen molar-refractivity contribution in [2.45, 2.75) is 32.6 Å². The average Bonchev–Trinajstić information content (AvgIpc) is 3.57. The van der Waals surface area contributed by atoms with Crippen LogP contribution in [0.5, 0.6) is 11.5 Å². The van der Waals surface area contributed by atoms with Crippen molar-refractivity contribution in [3.63, 3.8) is 0 Å². The van der Waals surface area contributed by atoms with Crippen molar-refractivity contribution in [2.24, 2.45) is 0 Å².